The van der Waals surface area contributed by atoms with Crippen molar-refractivity contribution in [3.05, 3.63) is 56.8 Å². The second-order valence-electron chi connectivity index (χ2n) is 4.91. The minimum absolute atomic E-state index is 0.0328. The molecule has 3 rings (SSSR count). The molecule has 1 aliphatic rings. The van der Waals surface area contributed by atoms with Crippen molar-refractivity contribution in [2.75, 3.05) is 0 Å². The number of aromatic carboxylic acids is 1. The highest BCUT2D eigenvalue weighted by atomic mass is 79.9. The molecule has 1 aromatic carbocycles. The van der Waals surface area contributed by atoms with Crippen LogP contribution >= 0.6 is 27.7 Å². The van der Waals surface area contributed by atoms with Crippen molar-refractivity contribution in [1.82, 2.24) is 5.32 Å². The Morgan fingerprint density at radius 2 is 2.17 bits per heavy atom. The van der Waals surface area contributed by atoms with Gasteiger partial charge in [-0.05, 0) is 63.9 Å². The van der Waals surface area contributed by atoms with E-state index in [9.17, 15) is 14.7 Å². The Kier molecular flexibility index (Phi) is 4.59. The van der Waals surface area contributed by atoms with Gasteiger partial charge < -0.3 is 19.6 Å². The maximum atomic E-state index is 12.0. The molecule has 0 saturated carbocycles. The standard InChI is InChI=1S/C16H11BrN2O4S/c1-8-2-3-9(15(21)22)6-11(8)18-16-19-14(20)12(24-16)7-10-4-5-13(17)23-10/h2-7H,1H3,(H,21,22)(H,18,19,20)/p-1/b12-7+. The number of thioether (sulfide) groups is 1. The first-order chi connectivity index (χ1) is 11.4. The average Bonchev–Trinajstić information content (AvgIpc) is 3.08. The number of furan rings is 1. The zero-order chi connectivity index (χ0) is 17.3. The smallest absolute Gasteiger partial charge is 0.264 e. The predicted octanol–water partition coefficient (Wildman–Crippen LogP) is 2.61. The topological polar surface area (TPSA) is 94.7 Å². The van der Waals surface area contributed by atoms with Crippen molar-refractivity contribution in [1.29, 1.82) is 0 Å². The van der Waals surface area contributed by atoms with Gasteiger partial charge in [-0.15, -0.1) is 0 Å². The second-order valence-corrected chi connectivity index (χ2v) is 6.72. The number of hydrogen-bond donors (Lipinski definition) is 1. The van der Waals surface area contributed by atoms with Gasteiger partial charge in [0.25, 0.3) is 5.91 Å². The number of nitrogens with zero attached hydrogens (tertiary/aromatic N) is 1. The summed E-state index contributed by atoms with van der Waals surface area (Å²) >= 11 is 4.35. The number of hydrogen-bond acceptors (Lipinski definition) is 6. The van der Waals surface area contributed by atoms with E-state index in [2.05, 4.69) is 26.2 Å². The third-order valence-corrected chi connectivity index (χ3v) is 4.52. The lowest BCUT2D eigenvalue weighted by Gasteiger charge is -2.06. The van der Waals surface area contributed by atoms with E-state index in [4.69, 9.17) is 4.42 Å². The molecule has 0 spiro atoms. The van der Waals surface area contributed by atoms with Crippen LogP contribution in [-0.4, -0.2) is 17.0 Å². The Balaban J connectivity index is 1.88. The van der Waals surface area contributed by atoms with Gasteiger partial charge in [-0.2, -0.15) is 0 Å². The Morgan fingerprint density at radius 3 is 2.83 bits per heavy atom. The van der Waals surface area contributed by atoms with Crippen molar-refractivity contribution in [2.45, 2.75) is 6.92 Å². The number of aryl methyl sites for hydroxylation is 1. The van der Waals surface area contributed by atoms with E-state index in [1.54, 1.807) is 31.2 Å². The Bertz CT molecular complexity index is 901. The summed E-state index contributed by atoms with van der Waals surface area (Å²) in [7, 11) is 0. The average molecular weight is 406 g/mol. The summed E-state index contributed by atoms with van der Waals surface area (Å²) in [4.78, 5) is 27.7. The lowest BCUT2D eigenvalue weighted by atomic mass is 10.1. The highest BCUT2D eigenvalue weighted by Crippen LogP contribution is 2.30. The van der Waals surface area contributed by atoms with Crippen molar-refractivity contribution in [2.24, 2.45) is 4.99 Å². The summed E-state index contributed by atoms with van der Waals surface area (Å²) in [6.07, 6.45) is 1.61. The lowest BCUT2D eigenvalue weighted by Crippen LogP contribution is -2.22. The molecule has 8 heteroatoms. The molecular weight excluding hydrogens is 396 g/mol. The van der Waals surface area contributed by atoms with Gasteiger partial charge in [0.15, 0.2) is 9.84 Å². The normalized spacial score (nSPS) is 17.5. The molecule has 24 heavy (non-hydrogen) atoms. The molecule has 0 radical (unpaired) electrons. The zero-order valence-corrected chi connectivity index (χ0v) is 14.7. The fourth-order valence-corrected chi connectivity index (χ4v) is 3.12. The Hall–Kier alpha value is -2.32. The van der Waals surface area contributed by atoms with Crippen LogP contribution in [0.15, 0.2) is 49.3 Å². The Morgan fingerprint density at radius 1 is 1.38 bits per heavy atom. The van der Waals surface area contributed by atoms with Gasteiger partial charge in [0.1, 0.15) is 5.76 Å². The van der Waals surface area contributed by atoms with Gasteiger partial charge in [-0.25, -0.2) is 4.99 Å². The molecule has 1 fully saturated rings. The number of amides is 1. The third-order valence-electron chi connectivity index (χ3n) is 3.19. The number of halogens is 1. The molecule has 0 aliphatic carbocycles. The van der Waals surface area contributed by atoms with Crippen molar-refractivity contribution < 1.29 is 19.1 Å². The third kappa shape index (κ3) is 3.60. The van der Waals surface area contributed by atoms with Crippen LogP contribution in [0.3, 0.4) is 0 Å². The maximum Gasteiger partial charge on any atom is 0.264 e. The van der Waals surface area contributed by atoms with Gasteiger partial charge in [-0.1, -0.05) is 12.1 Å². The number of carboxylic acids is 1. The summed E-state index contributed by atoms with van der Waals surface area (Å²) < 4.78 is 5.91. The van der Waals surface area contributed by atoms with Crippen molar-refractivity contribution in [3.63, 3.8) is 0 Å². The molecule has 1 amide bonds. The predicted molar refractivity (Wildman–Crippen MR) is 92.7 cm³/mol. The number of aliphatic imine (C=N–C) groups is 1. The zero-order valence-electron chi connectivity index (χ0n) is 12.3. The van der Waals surface area contributed by atoms with E-state index in [0.717, 1.165) is 17.3 Å². The van der Waals surface area contributed by atoms with Gasteiger partial charge in [0, 0.05) is 6.08 Å². The number of benzene rings is 1. The summed E-state index contributed by atoms with van der Waals surface area (Å²) in [5.74, 6) is -1.03. The van der Waals surface area contributed by atoms with Crippen LogP contribution in [0.4, 0.5) is 5.69 Å². The Labute approximate surface area is 149 Å². The number of nitrogens with one attached hydrogen (secondary N) is 1. The van der Waals surface area contributed by atoms with Gasteiger partial charge in [-0.3, -0.25) is 4.79 Å². The fourth-order valence-electron chi connectivity index (χ4n) is 1.98. The monoisotopic (exact) mass is 405 g/mol. The van der Waals surface area contributed by atoms with E-state index in [0.29, 0.717) is 26.2 Å². The van der Waals surface area contributed by atoms with Crippen LogP contribution in [0.25, 0.3) is 6.08 Å². The summed E-state index contributed by atoms with van der Waals surface area (Å²) in [6.45, 7) is 1.80. The lowest BCUT2D eigenvalue weighted by molar-refractivity contribution is -0.255. The van der Waals surface area contributed by atoms with Crippen molar-refractivity contribution in [3.8, 4) is 0 Å². The van der Waals surface area contributed by atoms with Crippen LogP contribution in [0.5, 0.6) is 0 Å². The fraction of sp³-hybridized carbons (Fsp3) is 0.0625. The summed E-state index contributed by atoms with van der Waals surface area (Å²) in [5.41, 5.74) is 1.28. The minimum Gasteiger partial charge on any atom is -0.545 e. The van der Waals surface area contributed by atoms with E-state index in [1.165, 1.54) is 12.1 Å². The first kappa shape index (κ1) is 16.5. The molecule has 0 atom stereocenters. The molecule has 122 valence electrons. The highest BCUT2D eigenvalue weighted by Gasteiger charge is 2.24. The molecule has 6 nitrogen and oxygen atoms in total. The van der Waals surface area contributed by atoms with Crippen LogP contribution in [0.1, 0.15) is 21.7 Å². The first-order valence-electron chi connectivity index (χ1n) is 6.79. The SMILES string of the molecule is Cc1ccc(C(=O)[O-])cc1N=C1NC(=O)/C(=C\c2ccc(Br)o2)S1. The van der Waals surface area contributed by atoms with E-state index in [1.807, 2.05) is 0 Å². The molecule has 1 N–H and O–H groups in total. The molecule has 1 saturated heterocycles. The van der Waals surface area contributed by atoms with Gasteiger partial charge in [0.05, 0.1) is 16.6 Å². The highest BCUT2D eigenvalue weighted by molar-refractivity contribution is 9.10. The molecular formula is C16H10BrN2O4S-. The van der Waals surface area contributed by atoms with Crippen LogP contribution in [0.2, 0.25) is 0 Å². The van der Waals surface area contributed by atoms with Crippen molar-refractivity contribution >= 4 is 56.5 Å². The number of rotatable bonds is 3. The van der Waals surface area contributed by atoms with Crippen LogP contribution in [-0.2, 0) is 4.79 Å². The molecule has 0 unspecified atom stereocenters. The van der Waals surface area contributed by atoms with Gasteiger partial charge in [0.2, 0.25) is 0 Å². The van der Waals surface area contributed by atoms with E-state index < -0.39 is 5.97 Å². The van der Waals surface area contributed by atoms with Crippen LogP contribution in [0, 0.1) is 6.92 Å². The quantitative estimate of drug-likeness (QED) is 0.791. The number of carboxylic acid groups (broad SMARTS) is 1. The largest absolute Gasteiger partial charge is 0.545 e. The first-order valence-corrected chi connectivity index (χ1v) is 8.40. The summed E-state index contributed by atoms with van der Waals surface area (Å²) in [6, 6.07) is 7.97. The molecule has 1 aromatic heterocycles. The summed E-state index contributed by atoms with van der Waals surface area (Å²) in [5, 5.41) is 14.0. The second kappa shape index (κ2) is 6.66. The van der Waals surface area contributed by atoms with Gasteiger partial charge >= 0.3 is 0 Å². The molecule has 2 heterocycles. The molecule has 1 aliphatic heterocycles. The molecule has 0 bridgehead atoms. The molecule has 2 aromatic rings. The minimum atomic E-state index is -1.27. The number of carbonyl (C=O) groups excluding carboxylic acids is 2. The van der Waals surface area contributed by atoms with E-state index >= 15 is 0 Å². The van der Waals surface area contributed by atoms with E-state index in [-0.39, 0.29) is 11.5 Å². The number of carbonyl (C=O) groups is 2. The number of amidine groups is 1. The maximum absolute atomic E-state index is 12.0. The van der Waals surface area contributed by atoms with Crippen LogP contribution < -0.4 is 10.4 Å².